The number of nitrogens with one attached hydrogen (secondary N) is 3. The molecule has 0 aliphatic rings. The minimum Gasteiger partial charge on any atom is -0.354 e. The summed E-state index contributed by atoms with van der Waals surface area (Å²) in [4.78, 5) is 17.2. The van der Waals surface area contributed by atoms with E-state index in [0.717, 1.165) is 6.26 Å². The Labute approximate surface area is 166 Å². The van der Waals surface area contributed by atoms with E-state index in [1.54, 1.807) is 55.3 Å². The third-order valence-corrected chi connectivity index (χ3v) is 5.49. The molecule has 0 saturated carbocycles. The van der Waals surface area contributed by atoms with Crippen LogP contribution in [0.25, 0.3) is 11.0 Å². The Morgan fingerprint density at radius 1 is 1.03 bits per heavy atom. The second-order valence-electron chi connectivity index (χ2n) is 6.65. The molecule has 150 valence electrons. The van der Waals surface area contributed by atoms with Crippen LogP contribution in [0.3, 0.4) is 0 Å². The molecule has 0 amide bonds. The summed E-state index contributed by atoms with van der Waals surface area (Å²) in [6, 6.07) is 9.95. The third kappa shape index (κ3) is 3.59. The maximum Gasteiger partial charge on any atom is 0.277 e. The van der Waals surface area contributed by atoms with E-state index in [-0.39, 0.29) is 10.5 Å². The molecule has 0 spiro atoms. The number of aryl methyl sites for hydroxylation is 2. The van der Waals surface area contributed by atoms with Crippen LogP contribution in [-0.4, -0.2) is 39.2 Å². The number of benzene rings is 1. The predicted octanol–water partition coefficient (Wildman–Crippen LogP) is 1.89. The minimum atomic E-state index is -3.47. The molecule has 0 bridgehead atoms. The molecule has 10 nitrogen and oxygen atoms in total. The van der Waals surface area contributed by atoms with Gasteiger partial charge in [0.2, 0.25) is 0 Å². The van der Waals surface area contributed by atoms with Crippen LogP contribution in [0.1, 0.15) is 0 Å². The van der Waals surface area contributed by atoms with Crippen LogP contribution < -0.4 is 16.2 Å². The zero-order valence-electron chi connectivity index (χ0n) is 16.0. The molecule has 4 aromatic rings. The number of nitrogens with zero attached hydrogens (tertiary/aromatic N) is 4. The lowest BCUT2D eigenvalue weighted by Crippen LogP contribution is -2.12. The molecule has 3 N–H and O–H groups in total. The van der Waals surface area contributed by atoms with Crippen LogP contribution in [0.4, 0.5) is 23.0 Å². The lowest BCUT2D eigenvalue weighted by Gasteiger charge is -2.12. The van der Waals surface area contributed by atoms with Crippen molar-refractivity contribution in [2.45, 2.75) is 4.90 Å². The van der Waals surface area contributed by atoms with Crippen LogP contribution in [-0.2, 0) is 23.9 Å². The summed E-state index contributed by atoms with van der Waals surface area (Å²) in [5.41, 5.74) is 0.870. The van der Waals surface area contributed by atoms with Crippen molar-refractivity contribution in [2.24, 2.45) is 14.1 Å². The molecule has 0 unspecified atom stereocenters. The average molecular weight is 413 g/mol. The van der Waals surface area contributed by atoms with Crippen molar-refractivity contribution in [3.05, 3.63) is 52.9 Å². The Balaban J connectivity index is 1.86. The predicted molar refractivity (Wildman–Crippen MR) is 111 cm³/mol. The monoisotopic (exact) mass is 413 g/mol. The molecule has 0 fully saturated rings. The average Bonchev–Trinajstić information content (AvgIpc) is 3.17. The van der Waals surface area contributed by atoms with E-state index in [4.69, 9.17) is 0 Å². The van der Waals surface area contributed by atoms with Gasteiger partial charge in [-0.2, -0.15) is 5.10 Å². The lowest BCUT2D eigenvalue weighted by atomic mass is 10.2. The van der Waals surface area contributed by atoms with Crippen LogP contribution in [0.5, 0.6) is 0 Å². The highest BCUT2D eigenvalue weighted by atomic mass is 32.2. The van der Waals surface area contributed by atoms with Crippen molar-refractivity contribution in [1.29, 1.82) is 0 Å². The maximum atomic E-state index is 12.6. The molecule has 3 aromatic heterocycles. The summed E-state index contributed by atoms with van der Waals surface area (Å²) in [7, 11) is -0.0807. The molecule has 1 aromatic carbocycles. The van der Waals surface area contributed by atoms with E-state index >= 15 is 0 Å². The first-order valence-corrected chi connectivity index (χ1v) is 10.5. The molecule has 3 heterocycles. The van der Waals surface area contributed by atoms with Crippen molar-refractivity contribution in [3.8, 4) is 0 Å². The fraction of sp³-hybridized carbons (Fsp3) is 0.167. The Morgan fingerprint density at radius 2 is 1.79 bits per heavy atom. The molecule has 0 aliphatic carbocycles. The number of H-pyrrole nitrogens is 1. The largest absolute Gasteiger partial charge is 0.354 e. The SMILES string of the molecule is Cn1ccc(Nc2cc(Nc3ccccc3S(C)(=O)=O)c3c(=O)n(C)[nH]c3n2)n1. The molecular formula is C18H19N7O3S. The standard InChI is InChI=1S/C18H19N7O3S/c1-24-9-8-14(22-24)20-15-10-12(16-17(21-15)23-25(2)18(16)26)19-11-6-4-5-7-13(11)29(3,27)28/h4-10H,1-3H3,(H3,19,20,21,22,23). The second kappa shape index (κ2) is 6.78. The van der Waals surface area contributed by atoms with Gasteiger partial charge in [-0.05, 0) is 12.1 Å². The highest BCUT2D eigenvalue weighted by Gasteiger charge is 2.17. The molecular weight excluding hydrogens is 394 g/mol. The molecule has 4 rings (SSSR count). The van der Waals surface area contributed by atoms with Gasteiger partial charge in [0.25, 0.3) is 5.56 Å². The number of anilines is 4. The van der Waals surface area contributed by atoms with Crippen molar-refractivity contribution in [1.82, 2.24) is 24.5 Å². The van der Waals surface area contributed by atoms with Crippen molar-refractivity contribution < 1.29 is 8.42 Å². The number of hydrogen-bond donors (Lipinski definition) is 3. The van der Waals surface area contributed by atoms with Crippen LogP contribution in [0.2, 0.25) is 0 Å². The lowest BCUT2D eigenvalue weighted by molar-refractivity contribution is 0.602. The van der Waals surface area contributed by atoms with Gasteiger partial charge in [-0.3, -0.25) is 19.3 Å². The number of para-hydroxylation sites is 1. The highest BCUT2D eigenvalue weighted by molar-refractivity contribution is 7.90. The summed E-state index contributed by atoms with van der Waals surface area (Å²) < 4.78 is 27.2. The summed E-state index contributed by atoms with van der Waals surface area (Å²) in [6.07, 6.45) is 2.92. The van der Waals surface area contributed by atoms with Gasteiger partial charge in [0, 0.05) is 38.7 Å². The fourth-order valence-corrected chi connectivity index (χ4v) is 3.88. The van der Waals surface area contributed by atoms with Gasteiger partial charge in [-0.15, -0.1) is 0 Å². The summed E-state index contributed by atoms with van der Waals surface area (Å²) in [5, 5.41) is 13.7. The summed E-state index contributed by atoms with van der Waals surface area (Å²) in [5.74, 6) is 1.03. The number of rotatable bonds is 5. The van der Waals surface area contributed by atoms with Crippen LogP contribution in [0.15, 0.2) is 52.3 Å². The Morgan fingerprint density at radius 3 is 2.48 bits per heavy atom. The molecule has 0 radical (unpaired) electrons. The quantitative estimate of drug-likeness (QED) is 0.456. The van der Waals surface area contributed by atoms with Gasteiger partial charge >= 0.3 is 0 Å². The summed E-state index contributed by atoms with van der Waals surface area (Å²) >= 11 is 0. The zero-order valence-corrected chi connectivity index (χ0v) is 16.8. The number of aromatic amines is 1. The topological polar surface area (TPSA) is 127 Å². The molecule has 0 saturated heterocycles. The van der Waals surface area contributed by atoms with Crippen LogP contribution >= 0.6 is 0 Å². The van der Waals surface area contributed by atoms with Gasteiger partial charge in [0.15, 0.2) is 21.3 Å². The Kier molecular flexibility index (Phi) is 4.38. The van der Waals surface area contributed by atoms with Gasteiger partial charge in [-0.1, -0.05) is 12.1 Å². The maximum absolute atomic E-state index is 12.6. The third-order valence-electron chi connectivity index (χ3n) is 4.34. The summed E-state index contributed by atoms with van der Waals surface area (Å²) in [6.45, 7) is 0. The first-order chi connectivity index (χ1) is 13.7. The van der Waals surface area contributed by atoms with E-state index in [1.807, 2.05) is 0 Å². The molecule has 29 heavy (non-hydrogen) atoms. The van der Waals surface area contributed by atoms with Gasteiger partial charge in [0.1, 0.15) is 11.2 Å². The normalized spacial score (nSPS) is 11.7. The minimum absolute atomic E-state index is 0.136. The number of fused-ring (bicyclic) bond motifs is 1. The highest BCUT2D eigenvalue weighted by Crippen LogP contribution is 2.30. The molecule has 0 atom stereocenters. The van der Waals surface area contributed by atoms with Gasteiger partial charge < -0.3 is 10.6 Å². The van der Waals surface area contributed by atoms with E-state index < -0.39 is 9.84 Å². The second-order valence-corrected chi connectivity index (χ2v) is 8.63. The number of pyridine rings is 1. The first kappa shape index (κ1) is 18.7. The number of hydrogen-bond acceptors (Lipinski definition) is 7. The molecule has 0 aliphatic heterocycles. The van der Waals surface area contributed by atoms with E-state index in [1.165, 1.54) is 10.7 Å². The smallest absolute Gasteiger partial charge is 0.277 e. The van der Waals surface area contributed by atoms with E-state index in [9.17, 15) is 13.2 Å². The number of sulfone groups is 1. The Bertz CT molecular complexity index is 1380. The molecule has 11 heteroatoms. The first-order valence-electron chi connectivity index (χ1n) is 8.65. The van der Waals surface area contributed by atoms with Crippen LogP contribution in [0, 0.1) is 0 Å². The van der Waals surface area contributed by atoms with Crippen molar-refractivity contribution >= 4 is 43.9 Å². The van der Waals surface area contributed by atoms with Crippen molar-refractivity contribution in [2.75, 3.05) is 16.9 Å². The zero-order chi connectivity index (χ0) is 20.8. The number of aromatic nitrogens is 5. The Hall–Kier alpha value is -3.60. The van der Waals surface area contributed by atoms with E-state index in [2.05, 4.69) is 25.8 Å². The fourth-order valence-electron chi connectivity index (χ4n) is 3.03. The van der Waals surface area contributed by atoms with Crippen molar-refractivity contribution in [3.63, 3.8) is 0 Å². The van der Waals surface area contributed by atoms with Gasteiger partial charge in [-0.25, -0.2) is 13.4 Å². The van der Waals surface area contributed by atoms with Gasteiger partial charge in [0.05, 0.1) is 16.3 Å². The van der Waals surface area contributed by atoms with E-state index in [0.29, 0.717) is 34.0 Å².